The van der Waals surface area contributed by atoms with Crippen molar-refractivity contribution in [1.82, 2.24) is 9.88 Å². The summed E-state index contributed by atoms with van der Waals surface area (Å²) in [6.07, 6.45) is 2.35. The molecule has 0 bridgehead atoms. The molecule has 0 unspecified atom stereocenters. The fraction of sp³-hybridized carbons (Fsp3) is 0.172. The monoisotopic (exact) mass is 484 g/mol. The first-order chi connectivity index (χ1) is 17.5. The number of fused-ring (bicyclic) bond motifs is 1. The van der Waals surface area contributed by atoms with Gasteiger partial charge in [-0.2, -0.15) is 0 Å². The molecule has 182 valence electrons. The maximum absolute atomic E-state index is 14.2. The first kappa shape index (κ1) is 23.4. The van der Waals surface area contributed by atoms with E-state index in [1.807, 2.05) is 54.7 Å². The van der Waals surface area contributed by atoms with E-state index in [1.54, 1.807) is 13.2 Å². The molecule has 36 heavy (non-hydrogen) atoms. The number of aliphatic hydroxyl groups is 1. The van der Waals surface area contributed by atoms with Gasteiger partial charge >= 0.3 is 0 Å². The van der Waals surface area contributed by atoms with Crippen LogP contribution in [0.2, 0.25) is 0 Å². The quantitative estimate of drug-likeness (QED) is 0.366. The van der Waals surface area contributed by atoms with Crippen LogP contribution in [0.25, 0.3) is 10.9 Å². The molecular formula is C29H25FN2O4. The Morgan fingerprint density at radius 2 is 1.89 bits per heavy atom. The lowest BCUT2D eigenvalue weighted by Crippen LogP contribution is -2.33. The van der Waals surface area contributed by atoms with Crippen LogP contribution in [0.1, 0.15) is 22.7 Å². The number of Topliss-reactive ketones (excluding diaryl/α,β-unsaturated/α-hetero) is 1. The number of carbonyl (C=O) groups is 2. The average molecular weight is 485 g/mol. The van der Waals surface area contributed by atoms with Crippen LogP contribution in [-0.4, -0.2) is 40.3 Å². The number of halogens is 1. The van der Waals surface area contributed by atoms with E-state index in [1.165, 1.54) is 23.1 Å². The minimum atomic E-state index is -0.885. The molecule has 0 fully saturated rings. The number of H-pyrrole nitrogens is 1. The van der Waals surface area contributed by atoms with Crippen molar-refractivity contribution in [2.75, 3.05) is 13.7 Å². The SMILES string of the molecule is COc1ccc2[nH]cc(CCN3C(=O)C(O)=C(C(=O)Cc4ccccc4)[C@@H]3c3cccc(F)c3)c2c1. The molecule has 2 heterocycles. The third-order valence-corrected chi connectivity index (χ3v) is 6.57. The van der Waals surface area contributed by atoms with Crippen molar-refractivity contribution in [3.63, 3.8) is 0 Å². The molecule has 0 radical (unpaired) electrons. The van der Waals surface area contributed by atoms with E-state index in [0.717, 1.165) is 22.0 Å². The van der Waals surface area contributed by atoms with Gasteiger partial charge in [0, 0.05) is 30.1 Å². The Kier molecular flexibility index (Phi) is 6.29. The van der Waals surface area contributed by atoms with Crippen molar-refractivity contribution in [2.45, 2.75) is 18.9 Å². The Bertz CT molecular complexity index is 1480. The van der Waals surface area contributed by atoms with Crippen LogP contribution >= 0.6 is 0 Å². The zero-order valence-corrected chi connectivity index (χ0v) is 19.7. The third kappa shape index (κ3) is 4.35. The first-order valence-corrected chi connectivity index (χ1v) is 11.7. The molecule has 0 saturated heterocycles. The third-order valence-electron chi connectivity index (χ3n) is 6.57. The number of carbonyl (C=O) groups excluding carboxylic acids is 2. The molecule has 1 atom stereocenters. The van der Waals surface area contributed by atoms with Crippen molar-refractivity contribution < 1.29 is 23.8 Å². The number of aromatic amines is 1. The van der Waals surface area contributed by atoms with Crippen LogP contribution in [0.4, 0.5) is 4.39 Å². The van der Waals surface area contributed by atoms with Gasteiger partial charge in [-0.25, -0.2) is 4.39 Å². The van der Waals surface area contributed by atoms with E-state index >= 15 is 0 Å². The number of nitrogens with one attached hydrogen (secondary N) is 1. The average Bonchev–Trinajstić information content (AvgIpc) is 3.40. The van der Waals surface area contributed by atoms with Gasteiger partial charge in [-0.3, -0.25) is 9.59 Å². The summed E-state index contributed by atoms with van der Waals surface area (Å²) in [7, 11) is 1.60. The van der Waals surface area contributed by atoms with Crippen LogP contribution in [0, 0.1) is 5.82 Å². The summed E-state index contributed by atoms with van der Waals surface area (Å²) in [5.74, 6) is -1.36. The number of methoxy groups -OCH3 is 1. The fourth-order valence-electron chi connectivity index (χ4n) is 4.80. The number of ketones is 1. The standard InChI is InChI=1S/C29H25FN2O4/c1-36-22-10-11-24-23(16-22)20(17-31-24)12-13-32-27(19-8-5-9-21(30)15-19)26(28(34)29(32)35)25(33)14-18-6-3-2-4-7-18/h2-11,15-17,27,31,34H,12-14H2,1H3/t27-/m0/s1. The normalized spacial score (nSPS) is 15.7. The van der Waals surface area contributed by atoms with Crippen molar-refractivity contribution in [2.24, 2.45) is 0 Å². The number of amides is 1. The predicted molar refractivity (Wildman–Crippen MR) is 134 cm³/mol. The molecular weight excluding hydrogens is 459 g/mol. The summed E-state index contributed by atoms with van der Waals surface area (Å²) in [6, 6.07) is 19.7. The Labute approximate surface area is 207 Å². The minimum Gasteiger partial charge on any atom is -0.503 e. The maximum Gasteiger partial charge on any atom is 0.290 e. The minimum absolute atomic E-state index is 0.00458. The molecule has 7 heteroatoms. The number of hydrogen-bond donors (Lipinski definition) is 2. The van der Waals surface area contributed by atoms with Gasteiger partial charge < -0.3 is 19.7 Å². The molecule has 5 rings (SSSR count). The van der Waals surface area contributed by atoms with Gasteiger partial charge in [0.05, 0.1) is 18.7 Å². The number of benzene rings is 3. The van der Waals surface area contributed by atoms with Crippen LogP contribution in [-0.2, 0) is 22.4 Å². The second-order valence-corrected chi connectivity index (χ2v) is 8.78. The van der Waals surface area contributed by atoms with E-state index in [2.05, 4.69) is 4.98 Å². The zero-order chi connectivity index (χ0) is 25.2. The summed E-state index contributed by atoms with van der Waals surface area (Å²) in [5.41, 5.74) is 3.08. The number of nitrogens with zero attached hydrogens (tertiary/aromatic N) is 1. The van der Waals surface area contributed by atoms with Gasteiger partial charge in [-0.15, -0.1) is 0 Å². The highest BCUT2D eigenvalue weighted by atomic mass is 19.1. The lowest BCUT2D eigenvalue weighted by molar-refractivity contribution is -0.129. The smallest absolute Gasteiger partial charge is 0.290 e. The zero-order valence-electron chi connectivity index (χ0n) is 19.7. The fourth-order valence-corrected chi connectivity index (χ4v) is 4.80. The Morgan fingerprint density at radius 3 is 2.64 bits per heavy atom. The summed E-state index contributed by atoms with van der Waals surface area (Å²) in [6.45, 7) is 0.219. The van der Waals surface area contributed by atoms with Crippen molar-refractivity contribution in [3.05, 3.63) is 113 Å². The molecule has 0 spiro atoms. The molecule has 1 aromatic heterocycles. The van der Waals surface area contributed by atoms with Gasteiger partial charge in [-0.05, 0) is 53.4 Å². The van der Waals surface area contributed by atoms with Crippen LogP contribution in [0.15, 0.2) is 90.3 Å². The predicted octanol–water partition coefficient (Wildman–Crippen LogP) is 5.07. The van der Waals surface area contributed by atoms with Crippen molar-refractivity contribution >= 4 is 22.6 Å². The molecule has 0 saturated carbocycles. The van der Waals surface area contributed by atoms with E-state index in [0.29, 0.717) is 17.7 Å². The van der Waals surface area contributed by atoms with Gasteiger partial charge in [-0.1, -0.05) is 42.5 Å². The van der Waals surface area contributed by atoms with Gasteiger partial charge in [0.25, 0.3) is 5.91 Å². The number of ether oxygens (including phenoxy) is 1. The van der Waals surface area contributed by atoms with Crippen LogP contribution in [0.5, 0.6) is 5.75 Å². The molecule has 3 aromatic carbocycles. The molecule has 6 nitrogen and oxygen atoms in total. The Balaban J connectivity index is 1.47. The topological polar surface area (TPSA) is 82.6 Å². The second kappa shape index (κ2) is 9.70. The number of aliphatic hydroxyl groups excluding tert-OH is 1. The molecule has 1 aliphatic rings. The molecule has 4 aromatic rings. The molecule has 2 N–H and O–H groups in total. The summed E-state index contributed by atoms with van der Waals surface area (Å²) < 4.78 is 19.5. The summed E-state index contributed by atoms with van der Waals surface area (Å²) in [4.78, 5) is 31.2. The molecule has 1 aliphatic heterocycles. The lowest BCUT2D eigenvalue weighted by atomic mass is 9.93. The molecule has 0 aliphatic carbocycles. The Morgan fingerprint density at radius 1 is 1.08 bits per heavy atom. The first-order valence-electron chi connectivity index (χ1n) is 11.7. The van der Waals surface area contributed by atoms with Crippen molar-refractivity contribution in [3.8, 4) is 5.75 Å². The highest BCUT2D eigenvalue weighted by Crippen LogP contribution is 2.39. The van der Waals surface area contributed by atoms with Gasteiger partial charge in [0.15, 0.2) is 11.5 Å². The number of hydrogen-bond acceptors (Lipinski definition) is 4. The highest BCUT2D eigenvalue weighted by molar-refractivity contribution is 6.09. The van der Waals surface area contributed by atoms with E-state index in [4.69, 9.17) is 4.74 Å². The number of rotatable bonds is 8. The summed E-state index contributed by atoms with van der Waals surface area (Å²) >= 11 is 0. The van der Waals surface area contributed by atoms with E-state index in [9.17, 15) is 19.1 Å². The van der Waals surface area contributed by atoms with E-state index < -0.39 is 23.5 Å². The Hall–Kier alpha value is -4.39. The molecule has 1 amide bonds. The van der Waals surface area contributed by atoms with Crippen molar-refractivity contribution in [1.29, 1.82) is 0 Å². The lowest BCUT2D eigenvalue weighted by Gasteiger charge is -2.27. The van der Waals surface area contributed by atoms with Crippen LogP contribution < -0.4 is 4.74 Å². The van der Waals surface area contributed by atoms with E-state index in [-0.39, 0.29) is 24.3 Å². The van der Waals surface area contributed by atoms with Crippen LogP contribution in [0.3, 0.4) is 0 Å². The number of aromatic nitrogens is 1. The largest absolute Gasteiger partial charge is 0.503 e. The highest BCUT2D eigenvalue weighted by Gasteiger charge is 2.43. The van der Waals surface area contributed by atoms with Gasteiger partial charge in [0.2, 0.25) is 0 Å². The van der Waals surface area contributed by atoms with Gasteiger partial charge in [0.1, 0.15) is 11.6 Å². The maximum atomic E-state index is 14.2. The summed E-state index contributed by atoms with van der Waals surface area (Å²) in [5, 5.41) is 11.8. The second-order valence-electron chi connectivity index (χ2n) is 8.78.